The summed E-state index contributed by atoms with van der Waals surface area (Å²) in [6.45, 7) is 3.35. The van der Waals surface area contributed by atoms with E-state index in [1.54, 1.807) is 26.0 Å². The summed E-state index contributed by atoms with van der Waals surface area (Å²) in [7, 11) is 0. The summed E-state index contributed by atoms with van der Waals surface area (Å²) in [6.07, 6.45) is 0. The number of carboxylic acids is 1. The molecule has 1 aromatic carbocycles. The average Bonchev–Trinajstić information content (AvgIpc) is 2.26. The van der Waals surface area contributed by atoms with Crippen molar-refractivity contribution in [3.63, 3.8) is 0 Å². The van der Waals surface area contributed by atoms with Gasteiger partial charge in [0.1, 0.15) is 4.75 Å². The summed E-state index contributed by atoms with van der Waals surface area (Å²) >= 11 is 1.35. The number of benzene rings is 1. The van der Waals surface area contributed by atoms with Crippen molar-refractivity contribution in [1.82, 2.24) is 0 Å². The second kappa shape index (κ2) is 5.04. The van der Waals surface area contributed by atoms with Gasteiger partial charge in [-0.2, -0.15) is 5.26 Å². The van der Waals surface area contributed by atoms with E-state index in [4.69, 9.17) is 10.4 Å². The molecule has 0 amide bonds. The second-order valence-electron chi connectivity index (χ2n) is 3.92. The minimum absolute atomic E-state index is 0.592. The van der Waals surface area contributed by atoms with E-state index in [0.29, 0.717) is 11.3 Å². The molecule has 0 saturated carbocycles. The van der Waals surface area contributed by atoms with Crippen LogP contribution in [0, 0.1) is 11.3 Å². The van der Waals surface area contributed by atoms with Crippen LogP contribution in [0.4, 0.5) is 0 Å². The highest BCUT2D eigenvalue weighted by Crippen LogP contribution is 2.28. The van der Waals surface area contributed by atoms with Crippen molar-refractivity contribution < 1.29 is 9.90 Å². The average molecular weight is 235 g/mol. The summed E-state index contributed by atoms with van der Waals surface area (Å²) in [5, 5.41) is 17.7. The van der Waals surface area contributed by atoms with Crippen LogP contribution in [-0.2, 0) is 10.5 Å². The molecule has 0 fully saturated rings. The molecule has 0 unspecified atom stereocenters. The molecule has 0 aliphatic heterocycles. The number of aliphatic carboxylic acids is 1. The quantitative estimate of drug-likeness (QED) is 0.871. The van der Waals surface area contributed by atoms with Gasteiger partial charge < -0.3 is 5.11 Å². The minimum Gasteiger partial charge on any atom is -0.480 e. The van der Waals surface area contributed by atoms with E-state index in [-0.39, 0.29) is 0 Å². The molecule has 0 aliphatic carbocycles. The summed E-state index contributed by atoms with van der Waals surface area (Å²) < 4.78 is -0.803. The molecule has 1 N–H and O–H groups in total. The number of carboxylic acid groups (broad SMARTS) is 1. The Morgan fingerprint density at radius 2 is 2.25 bits per heavy atom. The van der Waals surface area contributed by atoms with Crippen LogP contribution in [-0.4, -0.2) is 15.8 Å². The number of carbonyl (C=O) groups is 1. The van der Waals surface area contributed by atoms with E-state index >= 15 is 0 Å². The van der Waals surface area contributed by atoms with Gasteiger partial charge in [0.15, 0.2) is 0 Å². The van der Waals surface area contributed by atoms with E-state index in [9.17, 15) is 4.79 Å². The Kier molecular flexibility index (Phi) is 3.97. The predicted molar refractivity (Wildman–Crippen MR) is 64.2 cm³/mol. The molecule has 84 valence electrons. The predicted octanol–water partition coefficient (Wildman–Crippen LogP) is 2.65. The molecule has 0 spiro atoms. The molecule has 0 aromatic heterocycles. The summed E-state index contributed by atoms with van der Waals surface area (Å²) in [5.74, 6) is -0.233. The lowest BCUT2D eigenvalue weighted by atomic mass is 10.2. The maximum Gasteiger partial charge on any atom is 0.319 e. The van der Waals surface area contributed by atoms with Crippen molar-refractivity contribution in [2.24, 2.45) is 0 Å². The number of nitriles is 1. The molecule has 0 radical (unpaired) electrons. The van der Waals surface area contributed by atoms with Crippen molar-refractivity contribution >= 4 is 17.7 Å². The first-order valence-corrected chi connectivity index (χ1v) is 5.80. The molecule has 0 saturated heterocycles. The van der Waals surface area contributed by atoms with Gasteiger partial charge in [-0.25, -0.2) is 0 Å². The van der Waals surface area contributed by atoms with E-state index in [0.717, 1.165) is 5.56 Å². The number of rotatable bonds is 4. The number of nitrogens with zero attached hydrogens (tertiary/aromatic N) is 1. The van der Waals surface area contributed by atoms with Crippen molar-refractivity contribution in [1.29, 1.82) is 5.26 Å². The Hall–Kier alpha value is -1.47. The lowest BCUT2D eigenvalue weighted by molar-refractivity contribution is -0.138. The smallest absolute Gasteiger partial charge is 0.319 e. The van der Waals surface area contributed by atoms with Gasteiger partial charge in [-0.15, -0.1) is 11.8 Å². The first kappa shape index (κ1) is 12.6. The van der Waals surface area contributed by atoms with Crippen molar-refractivity contribution in [3.8, 4) is 6.07 Å². The van der Waals surface area contributed by atoms with Gasteiger partial charge in [0.25, 0.3) is 0 Å². The van der Waals surface area contributed by atoms with E-state index in [1.165, 1.54) is 11.8 Å². The monoisotopic (exact) mass is 235 g/mol. The van der Waals surface area contributed by atoms with Crippen molar-refractivity contribution in [2.75, 3.05) is 0 Å². The highest BCUT2D eigenvalue weighted by molar-refractivity contribution is 8.00. The minimum atomic E-state index is -0.825. The fraction of sp³-hybridized carbons (Fsp3) is 0.333. The van der Waals surface area contributed by atoms with Crippen LogP contribution in [0.1, 0.15) is 25.0 Å². The second-order valence-corrected chi connectivity index (χ2v) is 5.51. The lowest BCUT2D eigenvalue weighted by Crippen LogP contribution is -2.27. The molecule has 1 rings (SSSR count). The summed E-state index contributed by atoms with van der Waals surface area (Å²) in [4.78, 5) is 10.9. The largest absolute Gasteiger partial charge is 0.480 e. The van der Waals surface area contributed by atoms with E-state index in [1.807, 2.05) is 12.1 Å². The Balaban J connectivity index is 2.69. The van der Waals surface area contributed by atoms with Gasteiger partial charge in [-0.1, -0.05) is 12.1 Å². The topological polar surface area (TPSA) is 61.1 Å². The Labute approximate surface area is 99.1 Å². The number of hydrogen-bond acceptors (Lipinski definition) is 3. The van der Waals surface area contributed by atoms with Gasteiger partial charge in [-0.3, -0.25) is 4.79 Å². The van der Waals surface area contributed by atoms with Crippen LogP contribution < -0.4 is 0 Å². The van der Waals surface area contributed by atoms with Gasteiger partial charge in [-0.05, 0) is 31.5 Å². The molecule has 0 bridgehead atoms. The van der Waals surface area contributed by atoms with Crippen LogP contribution in [0.25, 0.3) is 0 Å². The highest BCUT2D eigenvalue weighted by atomic mass is 32.2. The molecule has 0 atom stereocenters. The van der Waals surface area contributed by atoms with Crippen LogP contribution in [0.5, 0.6) is 0 Å². The maximum absolute atomic E-state index is 10.9. The maximum atomic E-state index is 10.9. The van der Waals surface area contributed by atoms with Gasteiger partial charge in [0, 0.05) is 5.75 Å². The molecule has 16 heavy (non-hydrogen) atoms. The molecular weight excluding hydrogens is 222 g/mol. The van der Waals surface area contributed by atoms with Gasteiger partial charge in [0.2, 0.25) is 0 Å². The molecule has 4 heteroatoms. The third-order valence-electron chi connectivity index (χ3n) is 2.17. The lowest BCUT2D eigenvalue weighted by Gasteiger charge is -2.18. The van der Waals surface area contributed by atoms with E-state index < -0.39 is 10.7 Å². The summed E-state index contributed by atoms with van der Waals surface area (Å²) in [6, 6.07) is 9.28. The first-order chi connectivity index (χ1) is 7.45. The van der Waals surface area contributed by atoms with E-state index in [2.05, 4.69) is 6.07 Å². The SMILES string of the molecule is CC(C)(SCc1cccc(C#N)c1)C(=O)O. The van der Waals surface area contributed by atoms with Crippen molar-refractivity contribution in [2.45, 2.75) is 24.3 Å². The normalized spacial score (nSPS) is 10.8. The van der Waals surface area contributed by atoms with Gasteiger partial charge >= 0.3 is 5.97 Å². The van der Waals surface area contributed by atoms with Crippen LogP contribution in [0.2, 0.25) is 0 Å². The molecular formula is C12H13NO2S. The standard InChI is InChI=1S/C12H13NO2S/c1-12(2,11(14)15)16-8-10-5-3-4-9(6-10)7-13/h3-6H,8H2,1-2H3,(H,14,15). The zero-order valence-electron chi connectivity index (χ0n) is 9.23. The molecule has 0 heterocycles. The third-order valence-corrected chi connectivity index (χ3v) is 3.54. The first-order valence-electron chi connectivity index (χ1n) is 4.82. The molecule has 3 nitrogen and oxygen atoms in total. The zero-order chi connectivity index (χ0) is 12.2. The van der Waals surface area contributed by atoms with Crippen molar-refractivity contribution in [3.05, 3.63) is 35.4 Å². The Morgan fingerprint density at radius 1 is 1.56 bits per heavy atom. The van der Waals surface area contributed by atoms with Crippen LogP contribution in [0.3, 0.4) is 0 Å². The molecule has 0 aliphatic rings. The fourth-order valence-corrected chi connectivity index (χ4v) is 1.89. The zero-order valence-corrected chi connectivity index (χ0v) is 10.0. The Bertz CT molecular complexity index is 435. The molecule has 1 aromatic rings. The van der Waals surface area contributed by atoms with Crippen LogP contribution >= 0.6 is 11.8 Å². The number of hydrogen-bond donors (Lipinski definition) is 1. The Morgan fingerprint density at radius 3 is 2.81 bits per heavy atom. The third kappa shape index (κ3) is 3.28. The fourth-order valence-electron chi connectivity index (χ4n) is 1.06. The van der Waals surface area contributed by atoms with Crippen LogP contribution in [0.15, 0.2) is 24.3 Å². The highest BCUT2D eigenvalue weighted by Gasteiger charge is 2.27. The number of thioether (sulfide) groups is 1. The summed E-state index contributed by atoms with van der Waals surface area (Å²) in [5.41, 5.74) is 1.57. The van der Waals surface area contributed by atoms with Gasteiger partial charge in [0.05, 0.1) is 11.6 Å².